The fourth-order valence-corrected chi connectivity index (χ4v) is 1.19. The number of nitrogens with two attached hydrogens (primary N) is 1. The molecule has 0 aliphatic heterocycles. The van der Waals surface area contributed by atoms with Crippen molar-refractivity contribution < 1.29 is 31.4 Å². The van der Waals surface area contributed by atoms with E-state index in [1.165, 1.54) is 0 Å². The van der Waals surface area contributed by atoms with Crippen LogP contribution >= 0.6 is 0 Å². The van der Waals surface area contributed by atoms with Crippen molar-refractivity contribution in [2.75, 3.05) is 0 Å². The van der Waals surface area contributed by atoms with Gasteiger partial charge in [0.15, 0.2) is 17.7 Å². The maximum absolute atomic E-state index is 13.1. The highest BCUT2D eigenvalue weighted by Crippen LogP contribution is 2.30. The summed E-state index contributed by atoms with van der Waals surface area (Å²) in [5.41, 5.74) is 3.84. The van der Waals surface area contributed by atoms with Gasteiger partial charge in [0, 0.05) is 11.6 Å². The summed E-state index contributed by atoms with van der Waals surface area (Å²) in [5.74, 6) is -4.68. The monoisotopic (exact) mass is 259 g/mol. The van der Waals surface area contributed by atoms with Crippen LogP contribution in [-0.2, 0) is 0 Å². The molecule has 3 N–H and O–H groups in total. The second-order valence-electron chi connectivity index (χ2n) is 3.30. The van der Waals surface area contributed by atoms with Gasteiger partial charge in [-0.15, -0.1) is 0 Å². The Balaban J connectivity index is 3.17. The van der Waals surface area contributed by atoms with E-state index in [0.717, 1.165) is 0 Å². The topological polar surface area (TPSA) is 46.2 Å². The van der Waals surface area contributed by atoms with Gasteiger partial charge in [-0.1, -0.05) is 0 Å². The number of aliphatic hydroxyl groups is 1. The highest BCUT2D eigenvalue weighted by atomic mass is 19.4. The molecule has 0 saturated heterocycles. The highest BCUT2D eigenvalue weighted by molar-refractivity contribution is 5.24. The molecule has 8 heteroatoms. The molecule has 0 aliphatic carbocycles. The van der Waals surface area contributed by atoms with Crippen molar-refractivity contribution in [1.82, 2.24) is 0 Å². The van der Waals surface area contributed by atoms with Crippen LogP contribution in [-0.4, -0.2) is 17.4 Å². The van der Waals surface area contributed by atoms with Crippen LogP contribution < -0.4 is 5.73 Å². The summed E-state index contributed by atoms with van der Waals surface area (Å²) in [7, 11) is 0. The Morgan fingerprint density at radius 3 is 2.12 bits per heavy atom. The molecule has 0 bridgehead atoms. The summed E-state index contributed by atoms with van der Waals surface area (Å²) in [6, 6.07) is -1.84. The first-order valence-corrected chi connectivity index (χ1v) is 4.29. The molecule has 0 aromatic heterocycles. The van der Waals surface area contributed by atoms with Gasteiger partial charge in [-0.05, 0) is 6.07 Å². The van der Waals surface area contributed by atoms with Crippen LogP contribution in [0.2, 0.25) is 0 Å². The van der Waals surface area contributed by atoms with Crippen molar-refractivity contribution in [3.63, 3.8) is 0 Å². The number of hydrogen-bond acceptors (Lipinski definition) is 2. The Hall–Kier alpha value is -1.28. The van der Waals surface area contributed by atoms with Crippen LogP contribution in [0.25, 0.3) is 0 Å². The summed E-state index contributed by atoms with van der Waals surface area (Å²) >= 11 is 0. The minimum absolute atomic E-state index is 0.158. The van der Waals surface area contributed by atoms with Crippen molar-refractivity contribution in [3.8, 4) is 0 Å². The molecule has 1 aromatic carbocycles. The summed E-state index contributed by atoms with van der Waals surface area (Å²) in [6.45, 7) is 0. The van der Waals surface area contributed by atoms with Gasteiger partial charge in [0.25, 0.3) is 0 Å². The molecule has 0 amide bonds. The van der Waals surface area contributed by atoms with Gasteiger partial charge in [0.1, 0.15) is 5.82 Å². The fourth-order valence-electron chi connectivity index (χ4n) is 1.19. The summed E-state index contributed by atoms with van der Waals surface area (Å²) in [5, 5.41) is 8.75. The van der Waals surface area contributed by atoms with E-state index in [9.17, 15) is 26.3 Å². The SMILES string of the molecule is N[C@@H](c1cc(F)cc(F)c1F)[C@H](O)C(F)(F)F. The predicted molar refractivity (Wildman–Crippen MR) is 45.3 cm³/mol. The first-order valence-electron chi connectivity index (χ1n) is 4.29. The molecule has 0 aliphatic rings. The molecule has 0 spiro atoms. The molecule has 0 radical (unpaired) electrons. The second kappa shape index (κ2) is 4.53. The molecule has 2 nitrogen and oxygen atoms in total. The number of aliphatic hydroxyl groups excluding tert-OH is 1. The van der Waals surface area contributed by atoms with Crippen LogP contribution in [0, 0.1) is 17.5 Å². The molecular weight excluding hydrogens is 252 g/mol. The minimum Gasteiger partial charge on any atom is -0.382 e. The first-order chi connectivity index (χ1) is 7.64. The quantitative estimate of drug-likeness (QED) is 0.630. The van der Waals surface area contributed by atoms with Gasteiger partial charge in [-0.3, -0.25) is 0 Å². The van der Waals surface area contributed by atoms with Gasteiger partial charge in [-0.2, -0.15) is 13.2 Å². The largest absolute Gasteiger partial charge is 0.416 e. The Morgan fingerprint density at radius 2 is 1.65 bits per heavy atom. The number of halogens is 6. The fraction of sp³-hybridized carbons (Fsp3) is 0.333. The zero-order chi connectivity index (χ0) is 13.4. The standard InChI is InChI=1S/C9H7F6NO/c10-3-1-4(6(12)5(11)2-3)7(16)8(17)9(13,14)15/h1-2,7-8,17H,16H2/t7-,8-/m0/s1. The van der Waals surface area contributed by atoms with Crippen molar-refractivity contribution in [1.29, 1.82) is 0 Å². The van der Waals surface area contributed by atoms with E-state index in [1.807, 2.05) is 0 Å². The van der Waals surface area contributed by atoms with E-state index in [1.54, 1.807) is 0 Å². The lowest BCUT2D eigenvalue weighted by atomic mass is 10.0. The minimum atomic E-state index is -5.12. The molecule has 17 heavy (non-hydrogen) atoms. The van der Waals surface area contributed by atoms with Crippen LogP contribution in [0.1, 0.15) is 11.6 Å². The Kier molecular flexibility index (Phi) is 3.68. The summed E-state index contributed by atoms with van der Waals surface area (Å²) < 4.78 is 74.7. The third-order valence-corrected chi connectivity index (χ3v) is 2.06. The van der Waals surface area contributed by atoms with Gasteiger partial charge < -0.3 is 10.8 Å². The molecule has 0 saturated carbocycles. The van der Waals surface area contributed by atoms with Gasteiger partial charge in [0.05, 0.1) is 6.04 Å². The molecule has 96 valence electrons. The first kappa shape index (κ1) is 13.8. The van der Waals surface area contributed by atoms with E-state index < -0.39 is 41.3 Å². The predicted octanol–water partition coefficient (Wildman–Crippen LogP) is 2.03. The maximum Gasteiger partial charge on any atom is 0.416 e. The number of alkyl halides is 3. The van der Waals surface area contributed by atoms with Crippen molar-refractivity contribution >= 4 is 0 Å². The Morgan fingerprint density at radius 1 is 1.12 bits per heavy atom. The average molecular weight is 259 g/mol. The van der Waals surface area contributed by atoms with E-state index in [-0.39, 0.29) is 6.07 Å². The van der Waals surface area contributed by atoms with Crippen LogP contribution in [0.5, 0.6) is 0 Å². The zero-order valence-corrected chi connectivity index (χ0v) is 8.10. The molecular formula is C9H7F6NO. The highest BCUT2D eigenvalue weighted by Gasteiger charge is 2.43. The Labute approximate surface area is 91.7 Å². The van der Waals surface area contributed by atoms with Crippen LogP contribution in [0.15, 0.2) is 12.1 Å². The van der Waals surface area contributed by atoms with E-state index in [4.69, 9.17) is 10.8 Å². The van der Waals surface area contributed by atoms with Gasteiger partial charge >= 0.3 is 6.18 Å². The zero-order valence-electron chi connectivity index (χ0n) is 8.10. The number of hydrogen-bond donors (Lipinski definition) is 2. The molecule has 0 heterocycles. The van der Waals surface area contributed by atoms with E-state index >= 15 is 0 Å². The number of rotatable bonds is 2. The summed E-state index contributed by atoms with van der Waals surface area (Å²) in [6.07, 6.45) is -8.23. The van der Waals surface area contributed by atoms with Gasteiger partial charge in [0.2, 0.25) is 0 Å². The molecule has 1 aromatic rings. The Bertz CT molecular complexity index is 419. The lowest BCUT2D eigenvalue weighted by Crippen LogP contribution is -2.39. The number of benzene rings is 1. The second-order valence-corrected chi connectivity index (χ2v) is 3.30. The third kappa shape index (κ3) is 2.89. The average Bonchev–Trinajstić information content (AvgIpc) is 2.20. The van der Waals surface area contributed by atoms with Crippen molar-refractivity contribution in [2.45, 2.75) is 18.3 Å². The van der Waals surface area contributed by atoms with Crippen molar-refractivity contribution in [2.24, 2.45) is 5.73 Å². The van der Waals surface area contributed by atoms with Crippen LogP contribution in [0.4, 0.5) is 26.3 Å². The summed E-state index contributed by atoms with van der Waals surface area (Å²) in [4.78, 5) is 0. The molecule has 2 atom stereocenters. The van der Waals surface area contributed by atoms with E-state index in [0.29, 0.717) is 6.07 Å². The van der Waals surface area contributed by atoms with E-state index in [2.05, 4.69) is 0 Å². The maximum atomic E-state index is 13.1. The third-order valence-electron chi connectivity index (χ3n) is 2.06. The normalized spacial score (nSPS) is 15.8. The van der Waals surface area contributed by atoms with Gasteiger partial charge in [-0.25, -0.2) is 13.2 Å². The van der Waals surface area contributed by atoms with Crippen LogP contribution in [0.3, 0.4) is 0 Å². The lowest BCUT2D eigenvalue weighted by molar-refractivity contribution is -0.210. The smallest absolute Gasteiger partial charge is 0.382 e. The molecule has 0 fully saturated rings. The van der Waals surface area contributed by atoms with Crippen molar-refractivity contribution in [3.05, 3.63) is 35.1 Å². The molecule has 0 unspecified atom stereocenters. The lowest BCUT2D eigenvalue weighted by Gasteiger charge is -2.22. The molecule has 1 rings (SSSR count).